The number of hydrogen-bond acceptors (Lipinski definition) is 6. The molecule has 0 aliphatic carbocycles. The van der Waals surface area contributed by atoms with Crippen molar-refractivity contribution in [3.8, 4) is 11.5 Å². The average molecular weight is 331 g/mol. The van der Waals surface area contributed by atoms with Crippen LogP contribution in [-0.4, -0.2) is 28.2 Å². The molecule has 1 aromatic heterocycles. The van der Waals surface area contributed by atoms with Crippen molar-refractivity contribution in [3.63, 3.8) is 0 Å². The number of aryl methyl sites for hydroxylation is 1. The third kappa shape index (κ3) is 3.77. The maximum atomic E-state index is 13.5. The van der Waals surface area contributed by atoms with Crippen molar-refractivity contribution >= 4 is 18.1 Å². The second-order valence-electron chi connectivity index (χ2n) is 4.79. The molecule has 2 rings (SSSR count). The summed E-state index contributed by atoms with van der Waals surface area (Å²) in [4.78, 5) is 14.7. The van der Waals surface area contributed by atoms with Gasteiger partial charge in [-0.1, -0.05) is 5.16 Å². The first-order valence-electron chi connectivity index (χ1n) is 6.37. The van der Waals surface area contributed by atoms with Gasteiger partial charge in [-0.05, 0) is 33.0 Å². The lowest BCUT2D eigenvalue weighted by molar-refractivity contribution is -0.384. The van der Waals surface area contributed by atoms with Crippen molar-refractivity contribution in [2.45, 2.75) is 26.3 Å². The number of hydrogen-bond donors (Lipinski definition) is 1. The number of nitro benzene ring substituents is 1. The summed E-state index contributed by atoms with van der Waals surface area (Å²) in [5.74, 6) is -0.234. The van der Waals surface area contributed by atoms with Crippen LogP contribution in [0.5, 0.6) is 0 Å². The molecule has 1 unspecified atom stereocenters. The number of rotatable bonds is 5. The van der Waals surface area contributed by atoms with Gasteiger partial charge in [-0.3, -0.25) is 10.1 Å². The van der Waals surface area contributed by atoms with E-state index in [9.17, 15) is 14.5 Å². The minimum atomic E-state index is -0.587. The minimum absolute atomic E-state index is 0. The molecule has 7 nitrogen and oxygen atoms in total. The molecule has 0 saturated carbocycles. The van der Waals surface area contributed by atoms with Gasteiger partial charge in [0.15, 0.2) is 5.82 Å². The summed E-state index contributed by atoms with van der Waals surface area (Å²) in [5.41, 5.74) is -0.0278. The Morgan fingerprint density at radius 1 is 1.50 bits per heavy atom. The number of nitrogens with zero attached hydrogens (tertiary/aromatic N) is 3. The van der Waals surface area contributed by atoms with E-state index >= 15 is 0 Å². The highest BCUT2D eigenvalue weighted by molar-refractivity contribution is 5.85. The number of likely N-dealkylation sites (N-methyl/N-ethyl adjacent to an activating group) is 1. The van der Waals surface area contributed by atoms with Crippen LogP contribution >= 0.6 is 12.4 Å². The van der Waals surface area contributed by atoms with Gasteiger partial charge in [0, 0.05) is 18.0 Å². The van der Waals surface area contributed by atoms with Gasteiger partial charge in [0.2, 0.25) is 0 Å². The molecule has 1 atom stereocenters. The lowest BCUT2D eigenvalue weighted by Crippen LogP contribution is -2.24. The second kappa shape index (κ2) is 7.28. The van der Waals surface area contributed by atoms with Crippen molar-refractivity contribution in [2.24, 2.45) is 0 Å². The number of benzene rings is 1. The molecule has 9 heteroatoms. The molecule has 1 aromatic carbocycles. The van der Waals surface area contributed by atoms with Crippen LogP contribution in [0.15, 0.2) is 16.7 Å². The zero-order valence-corrected chi connectivity index (χ0v) is 13.1. The van der Waals surface area contributed by atoms with E-state index in [0.29, 0.717) is 12.2 Å². The molecule has 22 heavy (non-hydrogen) atoms. The first-order valence-corrected chi connectivity index (χ1v) is 6.37. The molecule has 120 valence electrons. The maximum absolute atomic E-state index is 13.5. The Balaban J connectivity index is 0.00000242. The van der Waals surface area contributed by atoms with Gasteiger partial charge >= 0.3 is 0 Å². The van der Waals surface area contributed by atoms with E-state index in [1.165, 1.54) is 6.92 Å². The van der Waals surface area contributed by atoms with Crippen molar-refractivity contribution < 1.29 is 13.8 Å². The van der Waals surface area contributed by atoms with E-state index in [1.807, 2.05) is 6.92 Å². The van der Waals surface area contributed by atoms with Crippen molar-refractivity contribution in [1.82, 2.24) is 15.5 Å². The molecular weight excluding hydrogens is 315 g/mol. The highest BCUT2D eigenvalue weighted by Gasteiger charge is 2.24. The summed E-state index contributed by atoms with van der Waals surface area (Å²) in [6, 6.07) is 2.26. The highest BCUT2D eigenvalue weighted by Crippen LogP contribution is 2.32. The van der Waals surface area contributed by atoms with Gasteiger partial charge < -0.3 is 9.84 Å². The summed E-state index contributed by atoms with van der Waals surface area (Å²) in [7, 11) is 1.80. The van der Waals surface area contributed by atoms with Crippen LogP contribution in [0.2, 0.25) is 0 Å². The molecule has 0 radical (unpaired) electrons. The van der Waals surface area contributed by atoms with Gasteiger partial charge in [-0.25, -0.2) is 4.39 Å². The largest absolute Gasteiger partial charge is 0.334 e. The third-order valence-electron chi connectivity index (χ3n) is 3.13. The van der Waals surface area contributed by atoms with Gasteiger partial charge in [-0.2, -0.15) is 4.98 Å². The van der Waals surface area contributed by atoms with Crippen molar-refractivity contribution in [1.29, 1.82) is 0 Å². The van der Waals surface area contributed by atoms with E-state index < -0.39 is 10.7 Å². The molecule has 0 aliphatic heterocycles. The van der Waals surface area contributed by atoms with E-state index in [4.69, 9.17) is 4.52 Å². The number of halogens is 2. The third-order valence-corrected chi connectivity index (χ3v) is 3.13. The van der Waals surface area contributed by atoms with Crippen LogP contribution in [0.3, 0.4) is 0 Å². The lowest BCUT2D eigenvalue weighted by atomic mass is 10.1. The molecule has 1 heterocycles. The molecule has 0 amide bonds. The standard InChI is InChI=1S/C13H15FN4O3.ClH/c1-7-4-9(14)6-10(12(7)18(19)20)13-16-11(17-21-13)5-8(2)15-3;/h4,6,8,15H,5H2,1-3H3;1H. The fourth-order valence-electron chi connectivity index (χ4n) is 1.96. The van der Waals surface area contributed by atoms with Crippen LogP contribution in [0.4, 0.5) is 10.1 Å². The fraction of sp³-hybridized carbons (Fsp3) is 0.385. The molecular formula is C13H16ClFN4O3. The van der Waals surface area contributed by atoms with Gasteiger partial charge in [-0.15, -0.1) is 12.4 Å². The Morgan fingerprint density at radius 2 is 2.18 bits per heavy atom. The number of nitro groups is 1. The Hall–Kier alpha value is -2.06. The summed E-state index contributed by atoms with van der Waals surface area (Å²) >= 11 is 0. The Morgan fingerprint density at radius 3 is 2.77 bits per heavy atom. The van der Waals surface area contributed by atoms with Gasteiger partial charge in [0.25, 0.3) is 11.6 Å². The Labute approximate surface area is 132 Å². The van der Waals surface area contributed by atoms with E-state index in [0.717, 1.165) is 12.1 Å². The normalized spacial score (nSPS) is 11.8. The van der Waals surface area contributed by atoms with E-state index in [-0.39, 0.29) is 41.2 Å². The molecule has 0 fully saturated rings. The molecule has 0 aliphatic rings. The Bertz CT molecular complexity index is 677. The fourth-order valence-corrected chi connectivity index (χ4v) is 1.96. The summed E-state index contributed by atoms with van der Waals surface area (Å²) in [6.07, 6.45) is 0.502. The molecule has 0 spiro atoms. The van der Waals surface area contributed by atoms with Gasteiger partial charge in [0.1, 0.15) is 11.4 Å². The van der Waals surface area contributed by atoms with Crippen LogP contribution in [0, 0.1) is 22.9 Å². The molecule has 0 saturated heterocycles. The quantitative estimate of drug-likeness (QED) is 0.669. The summed E-state index contributed by atoms with van der Waals surface area (Å²) in [6.45, 7) is 3.40. The summed E-state index contributed by atoms with van der Waals surface area (Å²) < 4.78 is 18.5. The predicted molar refractivity (Wildman–Crippen MR) is 80.6 cm³/mol. The van der Waals surface area contributed by atoms with Crippen molar-refractivity contribution in [3.05, 3.63) is 39.5 Å². The van der Waals surface area contributed by atoms with E-state index in [2.05, 4.69) is 15.5 Å². The van der Waals surface area contributed by atoms with Crippen LogP contribution in [-0.2, 0) is 6.42 Å². The zero-order valence-electron chi connectivity index (χ0n) is 12.3. The Kier molecular flexibility index (Phi) is 5.95. The second-order valence-corrected chi connectivity index (χ2v) is 4.79. The SMILES string of the molecule is CNC(C)Cc1noc(-c2cc(F)cc(C)c2[N+](=O)[O-])n1.Cl. The smallest absolute Gasteiger partial charge is 0.285 e. The van der Waals surface area contributed by atoms with Gasteiger partial charge in [0.05, 0.1) is 4.92 Å². The lowest BCUT2D eigenvalue weighted by Gasteiger charge is -2.04. The van der Waals surface area contributed by atoms with E-state index in [1.54, 1.807) is 7.05 Å². The summed E-state index contributed by atoms with van der Waals surface area (Å²) in [5, 5.41) is 17.9. The first-order chi connectivity index (χ1) is 9.92. The number of nitrogens with one attached hydrogen (secondary N) is 1. The average Bonchev–Trinajstić information content (AvgIpc) is 2.85. The minimum Gasteiger partial charge on any atom is -0.334 e. The first kappa shape index (κ1) is 18.0. The molecule has 2 aromatic rings. The van der Waals surface area contributed by atoms with Crippen LogP contribution in [0.25, 0.3) is 11.5 Å². The monoisotopic (exact) mass is 330 g/mol. The zero-order chi connectivity index (χ0) is 15.6. The highest BCUT2D eigenvalue weighted by atomic mass is 35.5. The predicted octanol–water partition coefficient (Wildman–Crippen LogP) is 2.66. The van der Waals surface area contributed by atoms with Crippen LogP contribution in [0.1, 0.15) is 18.3 Å². The molecule has 1 N–H and O–H groups in total. The molecule has 0 bridgehead atoms. The van der Waals surface area contributed by atoms with Crippen molar-refractivity contribution in [2.75, 3.05) is 7.05 Å². The number of aromatic nitrogens is 2. The van der Waals surface area contributed by atoms with Crippen LogP contribution < -0.4 is 5.32 Å². The topological polar surface area (TPSA) is 94.1 Å². The maximum Gasteiger partial charge on any atom is 0.285 e.